The predicted molar refractivity (Wildman–Crippen MR) is 61.3 cm³/mol. The largest absolute Gasteiger partial charge is 0.375 e. The fraction of sp³-hybridized carbons (Fsp3) is 0. The summed E-state index contributed by atoms with van der Waals surface area (Å²) in [4.78, 5) is 11.6. The number of thiocarbonyl (C=S) groups is 1. The van der Waals surface area contributed by atoms with E-state index in [2.05, 4.69) is 28.1 Å². The van der Waals surface area contributed by atoms with Crippen molar-refractivity contribution >= 4 is 39.2 Å². The third kappa shape index (κ3) is 2.50. The van der Waals surface area contributed by atoms with Gasteiger partial charge in [-0.3, -0.25) is 4.79 Å². The normalized spacial score (nSPS) is 9.57. The Bertz CT molecular complexity index is 383. The van der Waals surface area contributed by atoms with Crippen LogP contribution in [0.2, 0.25) is 0 Å². The summed E-state index contributed by atoms with van der Waals surface area (Å²) in [7, 11) is 0. The number of nitrogens with two attached hydrogens (primary N) is 2. The fourth-order valence-corrected chi connectivity index (χ4v) is 1.34. The van der Waals surface area contributed by atoms with Gasteiger partial charge >= 0.3 is 0 Å². The molecule has 0 saturated heterocycles. The first-order chi connectivity index (χ1) is 6.52. The highest BCUT2D eigenvalue weighted by atomic mass is 79.9. The molecular weight excluding hydrogens is 266 g/mol. The maximum atomic E-state index is 11.6. The molecule has 4 nitrogen and oxygen atoms in total. The lowest BCUT2D eigenvalue weighted by molar-refractivity contribution is 0.0848. The Morgan fingerprint density at radius 3 is 2.64 bits per heavy atom. The lowest BCUT2D eigenvalue weighted by Crippen LogP contribution is -2.45. The van der Waals surface area contributed by atoms with Crippen molar-refractivity contribution in [1.82, 2.24) is 5.01 Å². The van der Waals surface area contributed by atoms with Gasteiger partial charge in [0.1, 0.15) is 0 Å². The van der Waals surface area contributed by atoms with Gasteiger partial charge in [0.15, 0.2) is 5.11 Å². The third-order valence-electron chi connectivity index (χ3n) is 1.53. The number of nitrogens with zero attached hydrogens (tertiary/aromatic N) is 1. The topological polar surface area (TPSA) is 72.3 Å². The molecule has 0 fully saturated rings. The van der Waals surface area contributed by atoms with E-state index >= 15 is 0 Å². The molecule has 0 unspecified atom stereocenters. The number of hydrogen-bond acceptors (Lipinski definition) is 3. The van der Waals surface area contributed by atoms with Gasteiger partial charge in [0.25, 0.3) is 5.91 Å². The number of hydrogen-bond donors (Lipinski definition) is 2. The van der Waals surface area contributed by atoms with Crippen molar-refractivity contribution in [2.75, 3.05) is 0 Å². The van der Waals surface area contributed by atoms with Crippen molar-refractivity contribution < 1.29 is 4.79 Å². The Morgan fingerprint density at radius 1 is 1.50 bits per heavy atom. The third-order valence-corrected chi connectivity index (χ3v) is 2.22. The first-order valence-electron chi connectivity index (χ1n) is 3.66. The molecule has 1 amide bonds. The number of carbonyl (C=O) groups is 1. The minimum atomic E-state index is -0.432. The smallest absolute Gasteiger partial charge is 0.274 e. The molecule has 0 aromatic heterocycles. The van der Waals surface area contributed by atoms with Crippen molar-refractivity contribution in [3.63, 3.8) is 0 Å². The zero-order valence-corrected chi connectivity index (χ0v) is 9.51. The first-order valence-corrected chi connectivity index (χ1v) is 4.86. The minimum Gasteiger partial charge on any atom is -0.375 e. The van der Waals surface area contributed by atoms with Crippen LogP contribution in [-0.4, -0.2) is 16.0 Å². The number of halogens is 1. The van der Waals surface area contributed by atoms with Crippen LogP contribution >= 0.6 is 28.1 Å². The summed E-state index contributed by atoms with van der Waals surface area (Å²) >= 11 is 7.81. The molecule has 1 aromatic rings. The van der Waals surface area contributed by atoms with E-state index in [0.717, 1.165) is 9.48 Å². The van der Waals surface area contributed by atoms with E-state index in [1.54, 1.807) is 24.3 Å². The molecule has 0 aliphatic heterocycles. The average molecular weight is 274 g/mol. The van der Waals surface area contributed by atoms with Gasteiger partial charge in [-0.1, -0.05) is 22.0 Å². The molecule has 74 valence electrons. The van der Waals surface area contributed by atoms with E-state index in [0.29, 0.717) is 5.56 Å². The van der Waals surface area contributed by atoms with E-state index in [4.69, 9.17) is 11.6 Å². The van der Waals surface area contributed by atoms with Crippen LogP contribution in [0.15, 0.2) is 28.7 Å². The van der Waals surface area contributed by atoms with Crippen molar-refractivity contribution in [3.8, 4) is 0 Å². The number of carbonyl (C=O) groups excluding carboxylic acids is 1. The number of amides is 1. The van der Waals surface area contributed by atoms with Gasteiger partial charge in [-0.25, -0.2) is 10.9 Å². The van der Waals surface area contributed by atoms with Gasteiger partial charge in [-0.05, 0) is 30.4 Å². The van der Waals surface area contributed by atoms with Gasteiger partial charge in [-0.15, -0.1) is 0 Å². The van der Waals surface area contributed by atoms with Crippen molar-refractivity contribution in [2.24, 2.45) is 11.6 Å². The Hall–Kier alpha value is -0.980. The molecule has 4 N–H and O–H groups in total. The molecule has 0 aliphatic rings. The van der Waals surface area contributed by atoms with Crippen molar-refractivity contribution in [2.45, 2.75) is 0 Å². The van der Waals surface area contributed by atoms with E-state index in [1.807, 2.05) is 0 Å². The molecular formula is C8H8BrN3OS. The molecule has 0 saturated carbocycles. The zero-order chi connectivity index (χ0) is 10.7. The molecule has 0 atom stereocenters. The highest BCUT2D eigenvalue weighted by Gasteiger charge is 2.14. The van der Waals surface area contributed by atoms with Crippen LogP contribution < -0.4 is 11.6 Å². The second-order valence-electron chi connectivity index (χ2n) is 2.52. The quantitative estimate of drug-likeness (QED) is 0.347. The maximum absolute atomic E-state index is 11.6. The fourth-order valence-electron chi connectivity index (χ4n) is 0.861. The number of benzene rings is 1. The lowest BCUT2D eigenvalue weighted by atomic mass is 10.2. The highest BCUT2D eigenvalue weighted by Crippen LogP contribution is 2.12. The van der Waals surface area contributed by atoms with Gasteiger partial charge < -0.3 is 5.73 Å². The first kappa shape index (κ1) is 11.1. The Morgan fingerprint density at radius 2 is 2.14 bits per heavy atom. The second kappa shape index (κ2) is 4.50. The van der Waals surface area contributed by atoms with Gasteiger partial charge in [0.05, 0.1) is 0 Å². The number of rotatable bonds is 1. The summed E-state index contributed by atoms with van der Waals surface area (Å²) in [6.45, 7) is 0. The lowest BCUT2D eigenvalue weighted by Gasteiger charge is -2.13. The summed E-state index contributed by atoms with van der Waals surface area (Å²) in [5.41, 5.74) is 5.64. The Balaban J connectivity index is 2.95. The number of hydrazine groups is 1. The van der Waals surface area contributed by atoms with Crippen LogP contribution in [0, 0.1) is 0 Å². The molecule has 0 bridgehead atoms. The summed E-state index contributed by atoms with van der Waals surface area (Å²) in [6.07, 6.45) is 0. The second-order valence-corrected chi connectivity index (χ2v) is 3.86. The van der Waals surface area contributed by atoms with Crippen LogP contribution in [-0.2, 0) is 0 Å². The van der Waals surface area contributed by atoms with Gasteiger partial charge in [0.2, 0.25) is 0 Å². The maximum Gasteiger partial charge on any atom is 0.274 e. The Kier molecular flexibility index (Phi) is 3.56. The summed E-state index contributed by atoms with van der Waals surface area (Å²) in [5.74, 6) is 4.91. The van der Waals surface area contributed by atoms with Crippen molar-refractivity contribution in [3.05, 3.63) is 34.3 Å². The van der Waals surface area contributed by atoms with Crippen LogP contribution in [0.4, 0.5) is 0 Å². The summed E-state index contributed by atoms with van der Waals surface area (Å²) in [6, 6.07) is 6.80. The van der Waals surface area contributed by atoms with Crippen LogP contribution in [0.5, 0.6) is 0 Å². The van der Waals surface area contributed by atoms with Crippen LogP contribution in [0.3, 0.4) is 0 Å². The molecule has 0 heterocycles. The van der Waals surface area contributed by atoms with Crippen LogP contribution in [0.1, 0.15) is 10.4 Å². The van der Waals surface area contributed by atoms with E-state index in [-0.39, 0.29) is 5.11 Å². The minimum absolute atomic E-state index is 0.157. The van der Waals surface area contributed by atoms with Crippen molar-refractivity contribution in [1.29, 1.82) is 0 Å². The predicted octanol–water partition coefficient (Wildman–Crippen LogP) is 1.01. The SMILES string of the molecule is NC(=S)N(N)C(=O)c1cccc(Br)c1. The van der Waals surface area contributed by atoms with Gasteiger partial charge in [0, 0.05) is 10.0 Å². The molecule has 0 aliphatic carbocycles. The molecule has 1 aromatic carbocycles. The summed E-state index contributed by atoms with van der Waals surface area (Å²) in [5, 5.41) is 0.576. The average Bonchev–Trinajstić information content (AvgIpc) is 2.15. The van der Waals surface area contributed by atoms with E-state index < -0.39 is 5.91 Å². The van der Waals surface area contributed by atoms with Gasteiger partial charge in [-0.2, -0.15) is 0 Å². The summed E-state index contributed by atoms with van der Waals surface area (Å²) < 4.78 is 0.791. The molecule has 6 heteroatoms. The van der Waals surface area contributed by atoms with E-state index in [1.165, 1.54) is 0 Å². The van der Waals surface area contributed by atoms with E-state index in [9.17, 15) is 4.79 Å². The molecule has 0 spiro atoms. The standard InChI is InChI=1S/C8H8BrN3OS/c9-6-3-1-2-5(4-6)7(13)12(11)8(10)14/h1-4H,11H2,(H2,10,14). The molecule has 14 heavy (non-hydrogen) atoms. The monoisotopic (exact) mass is 273 g/mol. The zero-order valence-electron chi connectivity index (χ0n) is 7.11. The van der Waals surface area contributed by atoms with Crippen LogP contribution in [0.25, 0.3) is 0 Å². The highest BCUT2D eigenvalue weighted by molar-refractivity contribution is 9.10. The molecule has 0 radical (unpaired) electrons. The Labute approximate surface area is 95.0 Å². The molecule has 1 rings (SSSR count).